The number of likely N-dealkylation sites (tertiary alicyclic amines) is 1. The van der Waals surface area contributed by atoms with Gasteiger partial charge >= 0.3 is 0 Å². The maximum absolute atomic E-state index is 12.5. The summed E-state index contributed by atoms with van der Waals surface area (Å²) in [5, 5.41) is 0. The van der Waals surface area contributed by atoms with Crippen LogP contribution in [0, 0.1) is 0 Å². The highest BCUT2D eigenvalue weighted by Crippen LogP contribution is 2.23. The monoisotopic (exact) mass is 267 g/mol. The Labute approximate surface area is 117 Å². The maximum atomic E-state index is 12.5. The lowest BCUT2D eigenvalue weighted by atomic mass is 9.94. The maximum Gasteiger partial charge on any atom is 0.236 e. The highest BCUT2D eigenvalue weighted by atomic mass is 16.2. The Hall–Kier alpha value is -0.610. The van der Waals surface area contributed by atoms with E-state index in [2.05, 4.69) is 16.7 Å². The molecule has 2 rings (SSSR count). The van der Waals surface area contributed by atoms with E-state index in [1.54, 1.807) is 0 Å². The van der Waals surface area contributed by atoms with Gasteiger partial charge in [0.2, 0.25) is 5.91 Å². The predicted octanol–water partition coefficient (Wildman–Crippen LogP) is 1.59. The summed E-state index contributed by atoms with van der Waals surface area (Å²) in [5.41, 5.74) is 5.78. The Kier molecular flexibility index (Phi) is 5.64. The molecule has 1 heterocycles. The Morgan fingerprint density at radius 3 is 2.58 bits per heavy atom. The summed E-state index contributed by atoms with van der Waals surface area (Å²) >= 11 is 0. The molecular formula is C15H29N3O. The molecule has 2 fully saturated rings. The normalized spacial score (nSPS) is 25.7. The van der Waals surface area contributed by atoms with Crippen molar-refractivity contribution in [2.75, 3.05) is 26.2 Å². The minimum Gasteiger partial charge on any atom is -0.339 e. The van der Waals surface area contributed by atoms with Crippen molar-refractivity contribution in [2.45, 2.75) is 64.0 Å². The Morgan fingerprint density at radius 1 is 1.21 bits per heavy atom. The van der Waals surface area contributed by atoms with Crippen LogP contribution in [-0.4, -0.2) is 54.0 Å². The quantitative estimate of drug-likeness (QED) is 0.823. The standard InChI is InChI=1S/C15H29N3O/c1-2-18(13-7-4-3-5-8-13)15(19)12-17-10-6-9-14(17)11-16/h13-14H,2-12,16H2,1H3. The second kappa shape index (κ2) is 7.25. The molecule has 19 heavy (non-hydrogen) atoms. The smallest absolute Gasteiger partial charge is 0.236 e. The van der Waals surface area contributed by atoms with Gasteiger partial charge in [0.25, 0.3) is 0 Å². The van der Waals surface area contributed by atoms with Gasteiger partial charge in [-0.3, -0.25) is 9.69 Å². The van der Waals surface area contributed by atoms with Gasteiger partial charge in [0.1, 0.15) is 0 Å². The zero-order chi connectivity index (χ0) is 13.7. The average molecular weight is 267 g/mol. The molecule has 1 unspecified atom stereocenters. The van der Waals surface area contributed by atoms with Gasteiger partial charge in [-0.2, -0.15) is 0 Å². The number of carbonyl (C=O) groups is 1. The van der Waals surface area contributed by atoms with E-state index >= 15 is 0 Å². The third-order valence-electron chi connectivity index (χ3n) is 4.79. The van der Waals surface area contributed by atoms with Crippen LogP contribution in [-0.2, 0) is 4.79 Å². The van der Waals surface area contributed by atoms with Crippen molar-refractivity contribution in [3.8, 4) is 0 Å². The van der Waals surface area contributed by atoms with Crippen molar-refractivity contribution < 1.29 is 4.79 Å². The van der Waals surface area contributed by atoms with Crippen LogP contribution in [0.5, 0.6) is 0 Å². The summed E-state index contributed by atoms with van der Waals surface area (Å²) < 4.78 is 0. The zero-order valence-electron chi connectivity index (χ0n) is 12.3. The lowest BCUT2D eigenvalue weighted by Gasteiger charge is -2.35. The van der Waals surface area contributed by atoms with Crippen LogP contribution < -0.4 is 5.73 Å². The largest absolute Gasteiger partial charge is 0.339 e. The SMILES string of the molecule is CCN(C(=O)CN1CCCC1CN)C1CCCCC1. The minimum atomic E-state index is 0.315. The second-order valence-corrected chi connectivity index (χ2v) is 5.97. The first-order valence-electron chi connectivity index (χ1n) is 7.99. The number of nitrogens with zero attached hydrogens (tertiary/aromatic N) is 2. The van der Waals surface area contributed by atoms with Crippen LogP contribution in [0.1, 0.15) is 51.9 Å². The molecule has 1 amide bonds. The van der Waals surface area contributed by atoms with Gasteiger partial charge in [-0.25, -0.2) is 0 Å². The summed E-state index contributed by atoms with van der Waals surface area (Å²) in [4.78, 5) is 16.9. The Balaban J connectivity index is 1.89. The van der Waals surface area contributed by atoms with E-state index in [0.29, 0.717) is 31.1 Å². The molecule has 0 radical (unpaired) electrons. The summed E-state index contributed by atoms with van der Waals surface area (Å²) in [6.07, 6.45) is 8.63. The predicted molar refractivity (Wildman–Crippen MR) is 77.9 cm³/mol. The van der Waals surface area contributed by atoms with Crippen molar-refractivity contribution in [1.29, 1.82) is 0 Å². The number of carbonyl (C=O) groups excluding carboxylic acids is 1. The molecule has 2 N–H and O–H groups in total. The second-order valence-electron chi connectivity index (χ2n) is 5.97. The Bertz CT molecular complexity index is 289. The third-order valence-corrected chi connectivity index (χ3v) is 4.79. The van der Waals surface area contributed by atoms with Gasteiger partial charge in [-0.1, -0.05) is 19.3 Å². The van der Waals surface area contributed by atoms with E-state index in [9.17, 15) is 4.79 Å². The van der Waals surface area contributed by atoms with Crippen molar-refractivity contribution in [3.63, 3.8) is 0 Å². The van der Waals surface area contributed by atoms with E-state index in [0.717, 1.165) is 19.5 Å². The van der Waals surface area contributed by atoms with Crippen molar-refractivity contribution >= 4 is 5.91 Å². The van der Waals surface area contributed by atoms with Gasteiger partial charge in [-0.05, 0) is 39.2 Å². The van der Waals surface area contributed by atoms with Gasteiger partial charge in [0, 0.05) is 25.2 Å². The fourth-order valence-electron chi connectivity index (χ4n) is 3.67. The molecule has 2 aliphatic rings. The van der Waals surface area contributed by atoms with Crippen molar-refractivity contribution in [3.05, 3.63) is 0 Å². The highest BCUT2D eigenvalue weighted by Gasteiger charge is 2.29. The number of nitrogens with two attached hydrogens (primary N) is 1. The van der Waals surface area contributed by atoms with E-state index in [1.807, 2.05) is 0 Å². The molecule has 0 bridgehead atoms. The fraction of sp³-hybridized carbons (Fsp3) is 0.933. The molecule has 1 saturated heterocycles. The molecule has 0 aromatic heterocycles. The van der Waals surface area contributed by atoms with Crippen LogP contribution >= 0.6 is 0 Å². The van der Waals surface area contributed by atoms with Gasteiger partial charge < -0.3 is 10.6 Å². The van der Waals surface area contributed by atoms with Crippen molar-refractivity contribution in [1.82, 2.24) is 9.80 Å². The van der Waals surface area contributed by atoms with Crippen molar-refractivity contribution in [2.24, 2.45) is 5.73 Å². The molecule has 110 valence electrons. The zero-order valence-corrected chi connectivity index (χ0v) is 12.3. The molecule has 0 spiro atoms. The number of hydrogen-bond acceptors (Lipinski definition) is 3. The minimum absolute atomic E-state index is 0.315. The average Bonchev–Trinajstić information content (AvgIpc) is 2.88. The van der Waals surface area contributed by atoms with Gasteiger partial charge in [0.15, 0.2) is 0 Å². The first kappa shape index (κ1) is 14.8. The van der Waals surface area contributed by atoms with E-state index < -0.39 is 0 Å². The van der Waals surface area contributed by atoms with Gasteiger partial charge in [-0.15, -0.1) is 0 Å². The first-order valence-corrected chi connectivity index (χ1v) is 7.99. The topological polar surface area (TPSA) is 49.6 Å². The van der Waals surface area contributed by atoms with Crippen LogP contribution in [0.15, 0.2) is 0 Å². The van der Waals surface area contributed by atoms with E-state index in [-0.39, 0.29) is 0 Å². The summed E-state index contributed by atoms with van der Waals surface area (Å²) in [5.74, 6) is 0.315. The number of hydrogen-bond donors (Lipinski definition) is 1. The Morgan fingerprint density at radius 2 is 1.95 bits per heavy atom. The first-order chi connectivity index (χ1) is 9.26. The molecular weight excluding hydrogens is 238 g/mol. The van der Waals surface area contributed by atoms with E-state index in [1.165, 1.54) is 38.5 Å². The fourth-order valence-corrected chi connectivity index (χ4v) is 3.67. The van der Waals surface area contributed by atoms with Crippen LogP contribution in [0.3, 0.4) is 0 Å². The molecule has 1 atom stereocenters. The van der Waals surface area contributed by atoms with Gasteiger partial charge in [0.05, 0.1) is 6.54 Å². The number of rotatable bonds is 5. The van der Waals surface area contributed by atoms with E-state index in [4.69, 9.17) is 5.73 Å². The summed E-state index contributed by atoms with van der Waals surface area (Å²) in [6.45, 7) is 5.26. The van der Waals surface area contributed by atoms with Crippen LogP contribution in [0.25, 0.3) is 0 Å². The summed E-state index contributed by atoms with van der Waals surface area (Å²) in [6, 6.07) is 0.916. The molecule has 1 aliphatic carbocycles. The lowest BCUT2D eigenvalue weighted by Crippen LogP contribution is -2.48. The third kappa shape index (κ3) is 3.69. The number of amides is 1. The molecule has 4 nitrogen and oxygen atoms in total. The molecule has 0 aromatic rings. The highest BCUT2D eigenvalue weighted by molar-refractivity contribution is 5.78. The molecule has 0 aromatic carbocycles. The number of likely N-dealkylation sites (N-methyl/N-ethyl adjacent to an activating group) is 1. The van der Waals surface area contributed by atoms with Crippen LogP contribution in [0.4, 0.5) is 0 Å². The molecule has 1 saturated carbocycles. The molecule has 4 heteroatoms. The van der Waals surface area contributed by atoms with Crippen LogP contribution in [0.2, 0.25) is 0 Å². The summed E-state index contributed by atoms with van der Waals surface area (Å²) in [7, 11) is 0. The molecule has 1 aliphatic heterocycles. The lowest BCUT2D eigenvalue weighted by molar-refractivity contribution is -0.135.